The fourth-order valence-electron chi connectivity index (χ4n) is 2.02. The molecule has 1 aromatic rings. The average Bonchev–Trinajstić information content (AvgIpc) is 2.28. The molecular formula is C12H22N4O2S. The summed E-state index contributed by atoms with van der Waals surface area (Å²) in [4.78, 5) is 5.98. The maximum absolute atomic E-state index is 12.5. The van der Waals surface area contributed by atoms with Crippen LogP contribution < -0.4 is 5.73 Å². The van der Waals surface area contributed by atoms with Gasteiger partial charge in [0.1, 0.15) is 10.7 Å². The van der Waals surface area contributed by atoms with Gasteiger partial charge in [0.25, 0.3) is 0 Å². The Morgan fingerprint density at radius 3 is 2.42 bits per heavy atom. The van der Waals surface area contributed by atoms with Crippen LogP contribution in [0.1, 0.15) is 13.8 Å². The van der Waals surface area contributed by atoms with Gasteiger partial charge in [0.15, 0.2) is 0 Å². The highest BCUT2D eigenvalue weighted by Crippen LogP contribution is 2.18. The number of nitrogens with two attached hydrogens (primary N) is 1. The monoisotopic (exact) mass is 286 g/mol. The molecular weight excluding hydrogens is 264 g/mol. The number of hydrogen-bond acceptors (Lipinski definition) is 5. The number of pyridine rings is 1. The van der Waals surface area contributed by atoms with Crippen molar-refractivity contribution in [2.24, 2.45) is 0 Å². The van der Waals surface area contributed by atoms with E-state index in [9.17, 15) is 8.42 Å². The van der Waals surface area contributed by atoms with E-state index >= 15 is 0 Å². The van der Waals surface area contributed by atoms with E-state index < -0.39 is 10.0 Å². The first kappa shape index (κ1) is 15.9. The average molecular weight is 286 g/mol. The van der Waals surface area contributed by atoms with Crippen LogP contribution in [0.25, 0.3) is 0 Å². The Morgan fingerprint density at radius 2 is 2.00 bits per heavy atom. The van der Waals surface area contributed by atoms with Gasteiger partial charge in [-0.1, -0.05) is 6.92 Å². The molecule has 0 aliphatic rings. The molecule has 0 saturated carbocycles. The van der Waals surface area contributed by atoms with Crippen LogP contribution >= 0.6 is 0 Å². The molecule has 2 N–H and O–H groups in total. The number of nitrogen functional groups attached to an aromatic ring is 1. The van der Waals surface area contributed by atoms with Crippen LogP contribution in [0.4, 0.5) is 5.82 Å². The van der Waals surface area contributed by atoms with Crippen molar-refractivity contribution in [3.05, 3.63) is 18.3 Å². The van der Waals surface area contributed by atoms with Gasteiger partial charge < -0.3 is 10.6 Å². The van der Waals surface area contributed by atoms with Crippen molar-refractivity contribution < 1.29 is 8.42 Å². The lowest BCUT2D eigenvalue weighted by Crippen LogP contribution is -2.43. The number of aromatic nitrogens is 1. The topological polar surface area (TPSA) is 79.5 Å². The summed E-state index contributed by atoms with van der Waals surface area (Å²) in [7, 11) is 0.313. The van der Waals surface area contributed by atoms with E-state index in [1.807, 2.05) is 32.8 Å². The van der Waals surface area contributed by atoms with Crippen LogP contribution in [-0.2, 0) is 10.0 Å². The van der Waals surface area contributed by atoms with Gasteiger partial charge in [-0.3, -0.25) is 0 Å². The van der Waals surface area contributed by atoms with Crippen molar-refractivity contribution in [2.45, 2.75) is 24.8 Å². The molecule has 1 aromatic heterocycles. The largest absolute Gasteiger partial charge is 0.384 e. The predicted molar refractivity (Wildman–Crippen MR) is 76.2 cm³/mol. The standard InChI is InChI=1S/C12H22N4O2S/c1-5-16(10(2)9-15(3)4)19(17,18)11-6-7-12(13)14-8-11/h6-8,10H,5,9H2,1-4H3,(H2,13,14). The smallest absolute Gasteiger partial charge is 0.244 e. The van der Waals surface area contributed by atoms with Crippen molar-refractivity contribution in [3.8, 4) is 0 Å². The molecule has 0 fully saturated rings. The van der Waals surface area contributed by atoms with Gasteiger partial charge >= 0.3 is 0 Å². The second kappa shape index (κ2) is 6.31. The second-order valence-corrected chi connectivity index (χ2v) is 6.63. The molecule has 6 nitrogen and oxygen atoms in total. The number of nitrogens with zero attached hydrogens (tertiary/aromatic N) is 3. The molecule has 1 unspecified atom stereocenters. The Morgan fingerprint density at radius 1 is 1.37 bits per heavy atom. The first-order chi connectivity index (χ1) is 8.78. The van der Waals surface area contributed by atoms with Crippen LogP contribution in [0.3, 0.4) is 0 Å². The maximum atomic E-state index is 12.5. The van der Waals surface area contributed by atoms with Crippen LogP contribution in [-0.4, -0.2) is 55.8 Å². The highest BCUT2D eigenvalue weighted by molar-refractivity contribution is 7.89. The molecule has 1 heterocycles. The molecule has 0 amide bonds. The zero-order chi connectivity index (χ0) is 14.6. The fraction of sp³-hybridized carbons (Fsp3) is 0.583. The molecule has 7 heteroatoms. The molecule has 1 rings (SSSR count). The van der Waals surface area contributed by atoms with Gasteiger partial charge in [0.05, 0.1) is 0 Å². The van der Waals surface area contributed by atoms with Gasteiger partial charge in [0, 0.05) is 25.3 Å². The van der Waals surface area contributed by atoms with Crippen LogP contribution in [0.5, 0.6) is 0 Å². The molecule has 108 valence electrons. The van der Waals surface area contributed by atoms with E-state index in [1.165, 1.54) is 22.6 Å². The first-order valence-corrected chi connectivity index (χ1v) is 7.61. The third-order valence-electron chi connectivity index (χ3n) is 2.80. The number of rotatable bonds is 6. The minimum absolute atomic E-state index is 0.109. The first-order valence-electron chi connectivity index (χ1n) is 6.17. The highest BCUT2D eigenvalue weighted by atomic mass is 32.2. The fourth-order valence-corrected chi connectivity index (χ4v) is 3.59. The number of likely N-dealkylation sites (N-methyl/N-ethyl adjacent to an activating group) is 2. The number of anilines is 1. The predicted octanol–water partition coefficient (Wildman–Crippen LogP) is 0.625. The number of hydrogen-bond donors (Lipinski definition) is 1. The van der Waals surface area contributed by atoms with Crippen molar-refractivity contribution in [1.29, 1.82) is 0 Å². The van der Waals surface area contributed by atoms with E-state index in [0.29, 0.717) is 18.9 Å². The summed E-state index contributed by atoms with van der Waals surface area (Å²) in [5.74, 6) is 0.309. The van der Waals surface area contributed by atoms with E-state index in [4.69, 9.17) is 5.73 Å². The Labute approximate surface area is 115 Å². The van der Waals surface area contributed by atoms with E-state index in [1.54, 1.807) is 0 Å². The lowest BCUT2D eigenvalue weighted by atomic mass is 10.3. The SMILES string of the molecule is CCN(C(C)CN(C)C)S(=O)(=O)c1ccc(N)nc1. The summed E-state index contributed by atoms with van der Waals surface area (Å²) in [5.41, 5.74) is 5.48. The van der Waals surface area contributed by atoms with Crippen molar-refractivity contribution in [3.63, 3.8) is 0 Å². The summed E-state index contributed by atoms with van der Waals surface area (Å²) >= 11 is 0. The van der Waals surface area contributed by atoms with E-state index in [-0.39, 0.29) is 10.9 Å². The van der Waals surface area contributed by atoms with Crippen LogP contribution in [0.15, 0.2) is 23.2 Å². The molecule has 1 atom stereocenters. The Hall–Kier alpha value is -1.18. The summed E-state index contributed by atoms with van der Waals surface area (Å²) < 4.78 is 26.5. The molecule has 19 heavy (non-hydrogen) atoms. The third-order valence-corrected chi connectivity index (χ3v) is 4.87. The van der Waals surface area contributed by atoms with Gasteiger partial charge in [-0.15, -0.1) is 0 Å². The third kappa shape index (κ3) is 3.89. The zero-order valence-electron chi connectivity index (χ0n) is 11.9. The van der Waals surface area contributed by atoms with E-state index in [2.05, 4.69) is 4.98 Å². The summed E-state index contributed by atoms with van der Waals surface area (Å²) in [6, 6.07) is 2.88. The normalized spacial score (nSPS) is 14.0. The van der Waals surface area contributed by atoms with Gasteiger partial charge in [-0.25, -0.2) is 13.4 Å². The molecule has 0 bridgehead atoms. The van der Waals surface area contributed by atoms with E-state index in [0.717, 1.165) is 0 Å². The molecule has 0 aliphatic heterocycles. The quantitative estimate of drug-likeness (QED) is 0.829. The van der Waals surface area contributed by atoms with Gasteiger partial charge in [-0.05, 0) is 33.2 Å². The second-order valence-electron chi connectivity index (χ2n) is 4.74. The Kier molecular flexibility index (Phi) is 5.28. The van der Waals surface area contributed by atoms with Crippen molar-refractivity contribution in [2.75, 3.05) is 32.9 Å². The maximum Gasteiger partial charge on any atom is 0.244 e. The van der Waals surface area contributed by atoms with Crippen LogP contribution in [0, 0.1) is 0 Å². The lowest BCUT2D eigenvalue weighted by molar-refractivity contribution is 0.271. The lowest BCUT2D eigenvalue weighted by Gasteiger charge is -2.29. The van der Waals surface area contributed by atoms with Crippen LogP contribution in [0.2, 0.25) is 0 Å². The molecule has 0 aromatic carbocycles. The molecule has 0 saturated heterocycles. The molecule has 0 radical (unpaired) electrons. The molecule has 0 spiro atoms. The minimum Gasteiger partial charge on any atom is -0.384 e. The zero-order valence-corrected chi connectivity index (χ0v) is 12.7. The summed E-state index contributed by atoms with van der Waals surface area (Å²) in [5, 5.41) is 0. The van der Waals surface area contributed by atoms with Crippen molar-refractivity contribution >= 4 is 15.8 Å². The summed E-state index contributed by atoms with van der Waals surface area (Å²) in [6.07, 6.45) is 1.30. The number of sulfonamides is 1. The minimum atomic E-state index is -3.52. The summed E-state index contributed by atoms with van der Waals surface area (Å²) in [6.45, 7) is 4.80. The highest BCUT2D eigenvalue weighted by Gasteiger charge is 2.28. The molecule has 0 aliphatic carbocycles. The van der Waals surface area contributed by atoms with Gasteiger partial charge in [-0.2, -0.15) is 4.31 Å². The van der Waals surface area contributed by atoms with Crippen molar-refractivity contribution in [1.82, 2.24) is 14.2 Å². The van der Waals surface area contributed by atoms with Gasteiger partial charge in [0.2, 0.25) is 10.0 Å². The Balaban J connectivity index is 3.05. The Bertz CT molecular complexity index is 499.